The van der Waals surface area contributed by atoms with Gasteiger partial charge >= 0.3 is 0 Å². The number of rotatable bonds is 6. The van der Waals surface area contributed by atoms with Crippen molar-refractivity contribution in [3.05, 3.63) is 57.0 Å². The van der Waals surface area contributed by atoms with Crippen molar-refractivity contribution in [1.82, 2.24) is 9.55 Å². The van der Waals surface area contributed by atoms with Gasteiger partial charge in [0.25, 0.3) is 5.56 Å². The van der Waals surface area contributed by atoms with E-state index in [0.29, 0.717) is 23.1 Å². The first kappa shape index (κ1) is 19.5. The Balaban J connectivity index is 1.54. The van der Waals surface area contributed by atoms with Crippen LogP contribution < -0.4 is 10.9 Å². The summed E-state index contributed by atoms with van der Waals surface area (Å²) in [6.07, 6.45) is 6.89. The number of fused-ring (bicyclic) bond motifs is 3. The molecular weight excluding hydrogens is 386 g/mol. The van der Waals surface area contributed by atoms with Crippen LogP contribution >= 0.6 is 11.3 Å². The Morgan fingerprint density at radius 3 is 2.69 bits per heavy atom. The molecule has 1 aliphatic carbocycles. The van der Waals surface area contributed by atoms with Gasteiger partial charge in [0.15, 0.2) is 5.78 Å². The molecule has 2 heterocycles. The highest BCUT2D eigenvalue weighted by atomic mass is 32.1. The molecule has 0 aliphatic heterocycles. The largest absolute Gasteiger partial charge is 0.326 e. The molecule has 1 aromatic carbocycles. The van der Waals surface area contributed by atoms with Crippen molar-refractivity contribution in [1.29, 1.82) is 0 Å². The molecule has 7 heteroatoms. The second-order valence-electron chi connectivity index (χ2n) is 7.37. The number of amides is 1. The fourth-order valence-electron chi connectivity index (χ4n) is 3.73. The number of nitrogens with zero attached hydrogens (tertiary/aromatic N) is 2. The molecule has 1 N–H and O–H groups in total. The van der Waals surface area contributed by atoms with E-state index in [1.807, 2.05) is 6.92 Å². The van der Waals surface area contributed by atoms with Crippen LogP contribution in [0.15, 0.2) is 35.4 Å². The van der Waals surface area contributed by atoms with Crippen LogP contribution in [0.25, 0.3) is 10.2 Å². The molecule has 150 valence electrons. The number of anilines is 1. The molecule has 1 aliphatic rings. The number of Topliss-reactive ketones (excluding diaryl/α,β-unsaturated/α-hetero) is 1. The summed E-state index contributed by atoms with van der Waals surface area (Å²) in [5.41, 5.74) is 2.15. The molecule has 4 rings (SSSR count). The number of aromatic nitrogens is 2. The van der Waals surface area contributed by atoms with Crippen LogP contribution in [0.5, 0.6) is 0 Å². The van der Waals surface area contributed by atoms with Gasteiger partial charge in [-0.3, -0.25) is 19.0 Å². The van der Waals surface area contributed by atoms with Gasteiger partial charge in [-0.15, -0.1) is 11.3 Å². The number of aryl methyl sites for hydroxylation is 2. The normalized spacial score (nSPS) is 13.3. The van der Waals surface area contributed by atoms with E-state index in [4.69, 9.17) is 0 Å². The first-order chi connectivity index (χ1) is 14.1. The van der Waals surface area contributed by atoms with Crippen molar-refractivity contribution >= 4 is 38.9 Å². The Morgan fingerprint density at radius 2 is 1.93 bits per heavy atom. The number of thiophene rings is 1. The highest BCUT2D eigenvalue weighted by molar-refractivity contribution is 7.18. The summed E-state index contributed by atoms with van der Waals surface area (Å²) in [7, 11) is 0. The third kappa shape index (κ3) is 4.00. The van der Waals surface area contributed by atoms with Gasteiger partial charge < -0.3 is 5.32 Å². The zero-order valence-electron chi connectivity index (χ0n) is 16.4. The molecule has 0 unspecified atom stereocenters. The summed E-state index contributed by atoms with van der Waals surface area (Å²) < 4.78 is 1.41. The van der Waals surface area contributed by atoms with Gasteiger partial charge in [0.05, 0.1) is 18.3 Å². The maximum atomic E-state index is 13.0. The standard InChI is InChI=1S/C22H23N3O3S/c1-2-5-19(27)24-15-10-8-14(9-11-15)17(26)12-25-13-23-21-20(22(25)28)16-6-3-4-7-18(16)29-21/h8-11,13H,2-7,12H2,1H3,(H,24,27). The average molecular weight is 410 g/mol. The summed E-state index contributed by atoms with van der Waals surface area (Å²) in [6, 6.07) is 6.77. The van der Waals surface area contributed by atoms with E-state index in [1.54, 1.807) is 35.6 Å². The van der Waals surface area contributed by atoms with Crippen molar-refractivity contribution in [3.8, 4) is 0 Å². The smallest absolute Gasteiger partial charge is 0.262 e. The van der Waals surface area contributed by atoms with Crippen LogP contribution in [0.2, 0.25) is 0 Å². The predicted octanol–water partition coefficient (Wildman–Crippen LogP) is 3.96. The Morgan fingerprint density at radius 1 is 1.17 bits per heavy atom. The second kappa shape index (κ2) is 8.29. The van der Waals surface area contributed by atoms with Crippen molar-refractivity contribution in [2.45, 2.75) is 52.0 Å². The maximum Gasteiger partial charge on any atom is 0.262 e. The van der Waals surface area contributed by atoms with Gasteiger partial charge in [-0.1, -0.05) is 6.92 Å². The minimum absolute atomic E-state index is 0.0448. The fraction of sp³-hybridized carbons (Fsp3) is 0.364. The minimum atomic E-state index is -0.163. The topological polar surface area (TPSA) is 81.1 Å². The Bertz CT molecular complexity index is 1130. The first-order valence-corrected chi connectivity index (χ1v) is 10.8. The summed E-state index contributed by atoms with van der Waals surface area (Å²) in [6.45, 7) is 1.90. The summed E-state index contributed by atoms with van der Waals surface area (Å²) in [4.78, 5) is 43.8. The van der Waals surface area contributed by atoms with E-state index in [9.17, 15) is 14.4 Å². The molecule has 6 nitrogen and oxygen atoms in total. The van der Waals surface area contributed by atoms with E-state index >= 15 is 0 Å². The van der Waals surface area contributed by atoms with E-state index in [1.165, 1.54) is 15.8 Å². The van der Waals surface area contributed by atoms with E-state index < -0.39 is 0 Å². The summed E-state index contributed by atoms with van der Waals surface area (Å²) in [5.74, 6) is -0.208. The molecule has 0 fully saturated rings. The molecule has 0 radical (unpaired) electrons. The lowest BCUT2D eigenvalue weighted by Gasteiger charge is -2.10. The van der Waals surface area contributed by atoms with Gasteiger partial charge in [-0.25, -0.2) is 4.98 Å². The molecule has 1 amide bonds. The molecule has 2 aromatic heterocycles. The third-order valence-corrected chi connectivity index (χ3v) is 6.42. The maximum absolute atomic E-state index is 13.0. The van der Waals surface area contributed by atoms with Crippen molar-refractivity contribution in [2.24, 2.45) is 0 Å². The van der Waals surface area contributed by atoms with Crippen molar-refractivity contribution in [2.75, 3.05) is 5.32 Å². The van der Waals surface area contributed by atoms with E-state index in [-0.39, 0.29) is 23.8 Å². The van der Waals surface area contributed by atoms with Crippen LogP contribution in [0.1, 0.15) is 53.4 Å². The zero-order valence-corrected chi connectivity index (χ0v) is 17.2. The third-order valence-electron chi connectivity index (χ3n) is 5.22. The number of hydrogen-bond donors (Lipinski definition) is 1. The lowest BCUT2D eigenvalue weighted by Crippen LogP contribution is -2.25. The van der Waals surface area contributed by atoms with Gasteiger partial charge in [-0.05, 0) is 61.9 Å². The highest BCUT2D eigenvalue weighted by Gasteiger charge is 2.20. The minimum Gasteiger partial charge on any atom is -0.326 e. The predicted molar refractivity (Wildman–Crippen MR) is 115 cm³/mol. The zero-order chi connectivity index (χ0) is 20.4. The van der Waals surface area contributed by atoms with Crippen LogP contribution in [0, 0.1) is 0 Å². The van der Waals surface area contributed by atoms with Gasteiger partial charge in [0.1, 0.15) is 4.83 Å². The summed E-state index contributed by atoms with van der Waals surface area (Å²) in [5, 5.41) is 3.49. The fourth-order valence-corrected chi connectivity index (χ4v) is 4.95. The first-order valence-electron chi connectivity index (χ1n) is 9.99. The molecular formula is C22H23N3O3S. The van der Waals surface area contributed by atoms with E-state index in [2.05, 4.69) is 10.3 Å². The molecule has 0 saturated carbocycles. The number of carbonyl (C=O) groups is 2. The quantitative estimate of drug-likeness (QED) is 0.625. The molecule has 3 aromatic rings. The van der Waals surface area contributed by atoms with E-state index in [0.717, 1.165) is 42.5 Å². The average Bonchev–Trinajstić information content (AvgIpc) is 3.10. The number of benzene rings is 1. The molecule has 0 spiro atoms. The Hall–Kier alpha value is -2.80. The van der Waals surface area contributed by atoms with Crippen LogP contribution in [-0.2, 0) is 24.2 Å². The monoisotopic (exact) mass is 409 g/mol. The summed E-state index contributed by atoms with van der Waals surface area (Å²) >= 11 is 1.60. The Labute approximate surface area is 172 Å². The highest BCUT2D eigenvalue weighted by Crippen LogP contribution is 2.33. The van der Waals surface area contributed by atoms with Crippen LogP contribution in [0.4, 0.5) is 5.69 Å². The lowest BCUT2D eigenvalue weighted by molar-refractivity contribution is -0.116. The van der Waals surface area contributed by atoms with Crippen LogP contribution in [-0.4, -0.2) is 21.2 Å². The lowest BCUT2D eigenvalue weighted by atomic mass is 9.97. The number of nitrogens with one attached hydrogen (secondary N) is 1. The van der Waals surface area contributed by atoms with Gasteiger partial charge in [-0.2, -0.15) is 0 Å². The number of ketones is 1. The Kier molecular flexibility index (Phi) is 5.58. The van der Waals surface area contributed by atoms with Crippen LogP contribution in [0.3, 0.4) is 0 Å². The number of carbonyl (C=O) groups excluding carboxylic acids is 2. The van der Waals surface area contributed by atoms with Gasteiger partial charge in [0.2, 0.25) is 5.91 Å². The molecule has 0 saturated heterocycles. The number of hydrogen-bond acceptors (Lipinski definition) is 5. The molecule has 29 heavy (non-hydrogen) atoms. The molecule has 0 bridgehead atoms. The van der Waals surface area contributed by atoms with Crippen molar-refractivity contribution in [3.63, 3.8) is 0 Å². The second-order valence-corrected chi connectivity index (χ2v) is 8.45. The van der Waals surface area contributed by atoms with Gasteiger partial charge in [0, 0.05) is 22.5 Å². The SMILES string of the molecule is CCCC(=O)Nc1ccc(C(=O)Cn2cnc3sc4c(c3c2=O)CCCC4)cc1. The molecule has 0 atom stereocenters. The van der Waals surface area contributed by atoms with Crippen molar-refractivity contribution < 1.29 is 9.59 Å².